The monoisotopic (exact) mass is 434 g/mol. The zero-order valence-electron chi connectivity index (χ0n) is 14.5. The van der Waals surface area contributed by atoms with Crippen LogP contribution in [0.5, 0.6) is 0 Å². The Hall–Kier alpha value is -1.85. The van der Waals surface area contributed by atoms with Crippen LogP contribution in [0.2, 0.25) is 5.02 Å². The van der Waals surface area contributed by atoms with E-state index in [2.05, 4.69) is 21.2 Å². The molecule has 0 spiro atoms. The molecule has 136 valence electrons. The maximum absolute atomic E-state index is 12.7. The lowest BCUT2D eigenvalue weighted by molar-refractivity contribution is -0.121. The molecule has 0 saturated carbocycles. The number of anilines is 1. The average molecular weight is 436 g/mol. The number of benzene rings is 2. The number of amides is 2. The van der Waals surface area contributed by atoms with Gasteiger partial charge in [0.25, 0.3) is 5.91 Å². The molecule has 1 saturated heterocycles. The summed E-state index contributed by atoms with van der Waals surface area (Å²) in [6.07, 6.45) is 1.60. The zero-order chi connectivity index (χ0) is 18.7. The number of hydrogen-bond acceptors (Lipinski definition) is 2. The van der Waals surface area contributed by atoms with Gasteiger partial charge >= 0.3 is 0 Å². The number of nitrogens with one attached hydrogen (secondary N) is 1. The van der Waals surface area contributed by atoms with Crippen molar-refractivity contribution in [3.05, 3.63) is 63.1 Å². The van der Waals surface area contributed by atoms with Crippen LogP contribution >= 0.6 is 27.5 Å². The number of carbonyl (C=O) groups excluding carboxylic acids is 2. The Morgan fingerprint density at radius 3 is 2.62 bits per heavy atom. The van der Waals surface area contributed by atoms with Gasteiger partial charge in [0.05, 0.1) is 5.92 Å². The summed E-state index contributed by atoms with van der Waals surface area (Å²) in [7, 11) is 0. The van der Waals surface area contributed by atoms with Gasteiger partial charge in [0.2, 0.25) is 5.91 Å². The predicted molar refractivity (Wildman–Crippen MR) is 108 cm³/mol. The van der Waals surface area contributed by atoms with Crippen molar-refractivity contribution < 1.29 is 9.59 Å². The molecule has 1 aliphatic heterocycles. The van der Waals surface area contributed by atoms with Crippen LogP contribution in [0.1, 0.15) is 28.8 Å². The third-order valence-electron chi connectivity index (χ3n) is 4.62. The molecule has 1 aliphatic rings. The third kappa shape index (κ3) is 4.46. The van der Waals surface area contributed by atoms with E-state index < -0.39 is 0 Å². The molecule has 0 bridgehead atoms. The molecule has 0 aromatic heterocycles. The molecule has 2 aromatic rings. The Labute approximate surface area is 166 Å². The number of carbonyl (C=O) groups is 2. The van der Waals surface area contributed by atoms with Crippen LogP contribution in [0, 0.1) is 12.8 Å². The van der Waals surface area contributed by atoms with Crippen LogP contribution in [-0.4, -0.2) is 29.8 Å². The van der Waals surface area contributed by atoms with Gasteiger partial charge in [0.15, 0.2) is 0 Å². The highest BCUT2D eigenvalue weighted by molar-refractivity contribution is 9.10. The van der Waals surface area contributed by atoms with Crippen LogP contribution in [0.3, 0.4) is 0 Å². The quantitative estimate of drug-likeness (QED) is 0.745. The Kier molecular flexibility index (Phi) is 5.99. The summed E-state index contributed by atoms with van der Waals surface area (Å²) >= 11 is 9.31. The summed E-state index contributed by atoms with van der Waals surface area (Å²) in [6.45, 7) is 3.06. The molecule has 0 radical (unpaired) electrons. The number of likely N-dealkylation sites (tertiary alicyclic amines) is 1. The minimum absolute atomic E-state index is 0.0379. The molecule has 6 heteroatoms. The van der Waals surface area contributed by atoms with Crippen LogP contribution in [-0.2, 0) is 4.79 Å². The summed E-state index contributed by atoms with van der Waals surface area (Å²) in [5, 5.41) is 3.60. The van der Waals surface area contributed by atoms with E-state index in [0.29, 0.717) is 23.7 Å². The highest BCUT2D eigenvalue weighted by Gasteiger charge is 2.29. The van der Waals surface area contributed by atoms with Gasteiger partial charge in [0, 0.05) is 33.8 Å². The standard InChI is InChI=1S/C20H20BrClN2O2/c1-13-11-16(21)6-9-18(13)23-19(25)15-3-2-10-24(12-15)20(26)14-4-7-17(22)8-5-14/h4-9,11,15H,2-3,10,12H2,1H3,(H,23,25). The van der Waals surface area contributed by atoms with Crippen molar-refractivity contribution in [2.45, 2.75) is 19.8 Å². The SMILES string of the molecule is Cc1cc(Br)ccc1NC(=O)C1CCCN(C(=O)c2ccc(Cl)cc2)C1. The third-order valence-corrected chi connectivity index (χ3v) is 5.36. The van der Waals surface area contributed by atoms with E-state index >= 15 is 0 Å². The molecule has 1 fully saturated rings. The normalized spacial score (nSPS) is 17.0. The van der Waals surface area contributed by atoms with Crippen LogP contribution < -0.4 is 5.32 Å². The Balaban J connectivity index is 1.66. The molecule has 1 atom stereocenters. The fraction of sp³-hybridized carbons (Fsp3) is 0.300. The lowest BCUT2D eigenvalue weighted by Crippen LogP contribution is -2.43. The van der Waals surface area contributed by atoms with Crippen LogP contribution in [0.15, 0.2) is 46.9 Å². The summed E-state index contributed by atoms with van der Waals surface area (Å²) in [6, 6.07) is 12.6. The van der Waals surface area contributed by atoms with Gasteiger partial charge in [0.1, 0.15) is 0 Å². The van der Waals surface area contributed by atoms with Gasteiger partial charge in [-0.05, 0) is 67.8 Å². The number of piperidine rings is 1. The maximum Gasteiger partial charge on any atom is 0.253 e. The predicted octanol–water partition coefficient (Wildman–Crippen LogP) is 4.90. The molecule has 3 rings (SSSR count). The second kappa shape index (κ2) is 8.23. The van der Waals surface area contributed by atoms with E-state index in [1.54, 1.807) is 29.2 Å². The molecule has 2 aromatic carbocycles. The molecular weight excluding hydrogens is 416 g/mol. The second-order valence-electron chi connectivity index (χ2n) is 6.55. The van der Waals surface area contributed by atoms with E-state index in [1.165, 1.54) is 0 Å². The number of halogens is 2. The first-order valence-electron chi connectivity index (χ1n) is 8.56. The van der Waals surface area contributed by atoms with Crippen molar-refractivity contribution in [1.82, 2.24) is 4.90 Å². The topological polar surface area (TPSA) is 49.4 Å². The van der Waals surface area contributed by atoms with Crippen molar-refractivity contribution in [3.8, 4) is 0 Å². The largest absolute Gasteiger partial charge is 0.338 e. The number of rotatable bonds is 3. The van der Waals surface area contributed by atoms with Crippen molar-refractivity contribution >= 4 is 45.0 Å². The fourth-order valence-electron chi connectivity index (χ4n) is 3.15. The van der Waals surface area contributed by atoms with Gasteiger partial charge < -0.3 is 10.2 Å². The smallest absolute Gasteiger partial charge is 0.253 e. The Morgan fingerprint density at radius 1 is 1.19 bits per heavy atom. The molecule has 2 amide bonds. The van der Waals surface area contributed by atoms with Crippen molar-refractivity contribution in [2.75, 3.05) is 18.4 Å². The van der Waals surface area contributed by atoms with Crippen molar-refractivity contribution in [1.29, 1.82) is 0 Å². The van der Waals surface area contributed by atoms with E-state index in [9.17, 15) is 9.59 Å². The first kappa shape index (κ1) is 18.9. The van der Waals surface area contributed by atoms with Gasteiger partial charge in [-0.1, -0.05) is 27.5 Å². The molecule has 1 heterocycles. The molecule has 4 nitrogen and oxygen atoms in total. The highest BCUT2D eigenvalue weighted by atomic mass is 79.9. The van der Waals surface area contributed by atoms with E-state index in [0.717, 1.165) is 28.6 Å². The number of hydrogen-bond donors (Lipinski definition) is 1. The Morgan fingerprint density at radius 2 is 1.92 bits per heavy atom. The maximum atomic E-state index is 12.7. The van der Waals surface area contributed by atoms with E-state index in [1.807, 2.05) is 25.1 Å². The summed E-state index contributed by atoms with van der Waals surface area (Å²) in [5.41, 5.74) is 2.40. The summed E-state index contributed by atoms with van der Waals surface area (Å²) in [5.74, 6) is -0.300. The van der Waals surface area contributed by atoms with Gasteiger partial charge in [-0.15, -0.1) is 0 Å². The zero-order valence-corrected chi connectivity index (χ0v) is 16.8. The van der Waals surface area contributed by atoms with Gasteiger partial charge in [-0.25, -0.2) is 0 Å². The molecular formula is C20H20BrClN2O2. The summed E-state index contributed by atoms with van der Waals surface area (Å²) in [4.78, 5) is 27.1. The fourth-order valence-corrected chi connectivity index (χ4v) is 3.75. The molecule has 1 N–H and O–H groups in total. The first-order valence-corrected chi connectivity index (χ1v) is 9.73. The van der Waals surface area contributed by atoms with Crippen molar-refractivity contribution in [2.24, 2.45) is 5.92 Å². The average Bonchev–Trinajstić information content (AvgIpc) is 2.64. The first-order chi connectivity index (χ1) is 12.4. The lowest BCUT2D eigenvalue weighted by atomic mass is 9.96. The van der Waals surface area contributed by atoms with E-state index in [4.69, 9.17) is 11.6 Å². The minimum Gasteiger partial charge on any atom is -0.338 e. The molecule has 26 heavy (non-hydrogen) atoms. The van der Waals surface area contributed by atoms with Crippen LogP contribution in [0.25, 0.3) is 0 Å². The minimum atomic E-state index is -0.206. The van der Waals surface area contributed by atoms with Crippen molar-refractivity contribution in [3.63, 3.8) is 0 Å². The van der Waals surface area contributed by atoms with Crippen LogP contribution in [0.4, 0.5) is 5.69 Å². The highest BCUT2D eigenvalue weighted by Crippen LogP contribution is 2.24. The second-order valence-corrected chi connectivity index (χ2v) is 7.90. The number of aryl methyl sites for hydroxylation is 1. The molecule has 0 aliphatic carbocycles. The van der Waals surface area contributed by atoms with E-state index in [-0.39, 0.29) is 17.7 Å². The lowest BCUT2D eigenvalue weighted by Gasteiger charge is -2.32. The summed E-state index contributed by atoms with van der Waals surface area (Å²) < 4.78 is 0.977. The Bertz CT molecular complexity index is 823. The molecule has 1 unspecified atom stereocenters. The number of nitrogens with zero attached hydrogens (tertiary/aromatic N) is 1. The van der Waals surface area contributed by atoms with Gasteiger partial charge in [-0.3, -0.25) is 9.59 Å². The van der Waals surface area contributed by atoms with Gasteiger partial charge in [-0.2, -0.15) is 0 Å².